The Balaban J connectivity index is 1.59. The lowest BCUT2D eigenvalue weighted by molar-refractivity contribution is 0.0748. The Morgan fingerprint density at radius 3 is 2.74 bits per heavy atom. The number of H-pyrrole nitrogens is 1. The van der Waals surface area contributed by atoms with E-state index in [9.17, 15) is 9.59 Å². The van der Waals surface area contributed by atoms with Crippen molar-refractivity contribution in [3.05, 3.63) is 63.3 Å². The second-order valence-electron chi connectivity index (χ2n) is 6.47. The van der Waals surface area contributed by atoms with E-state index >= 15 is 0 Å². The second-order valence-corrected chi connectivity index (χ2v) is 6.88. The number of pyridine rings is 1. The Hall–Kier alpha value is -2.93. The van der Waals surface area contributed by atoms with E-state index in [4.69, 9.17) is 11.6 Å². The fourth-order valence-electron chi connectivity index (χ4n) is 3.38. The maximum Gasteiger partial charge on any atom is 0.290 e. The zero-order chi connectivity index (χ0) is 19.0. The van der Waals surface area contributed by atoms with Gasteiger partial charge >= 0.3 is 0 Å². The van der Waals surface area contributed by atoms with Gasteiger partial charge in [0.25, 0.3) is 11.5 Å². The molecule has 4 rings (SSSR count). The highest BCUT2D eigenvalue weighted by atomic mass is 35.5. The van der Waals surface area contributed by atoms with Crippen LogP contribution in [0.3, 0.4) is 0 Å². The zero-order valence-corrected chi connectivity index (χ0v) is 15.5. The molecule has 1 aliphatic heterocycles. The highest BCUT2D eigenvalue weighted by molar-refractivity contribution is 6.35. The van der Waals surface area contributed by atoms with Crippen LogP contribution in [-0.2, 0) is 0 Å². The first-order valence-electron chi connectivity index (χ1n) is 8.68. The molecule has 138 valence electrons. The maximum absolute atomic E-state index is 13.1. The Morgan fingerprint density at radius 2 is 2.00 bits per heavy atom. The number of benzene rings is 1. The molecule has 1 fully saturated rings. The largest absolute Gasteiger partial charge is 0.348 e. The van der Waals surface area contributed by atoms with Gasteiger partial charge < -0.3 is 14.8 Å². The van der Waals surface area contributed by atoms with Crippen molar-refractivity contribution in [3.8, 4) is 0 Å². The Bertz CT molecular complexity index is 1070. The smallest absolute Gasteiger partial charge is 0.290 e. The first-order chi connectivity index (χ1) is 13.0. The summed E-state index contributed by atoms with van der Waals surface area (Å²) in [7, 11) is 0. The van der Waals surface area contributed by atoms with E-state index in [1.165, 1.54) is 6.20 Å². The number of carbonyl (C=O) groups is 1. The van der Waals surface area contributed by atoms with Crippen molar-refractivity contribution >= 4 is 34.2 Å². The van der Waals surface area contributed by atoms with Gasteiger partial charge in [-0.05, 0) is 19.1 Å². The van der Waals surface area contributed by atoms with Gasteiger partial charge in [-0.15, -0.1) is 0 Å². The standard InChI is InChI=1S/C19H18ClN5O2/c1-12-11-14(13-3-2-4-15(20)16(13)23-12)19(27)25-9-7-24(8-10-25)17-18(26)22-6-5-21-17/h2-6,11H,7-10H2,1H3,(H,22,26). The molecule has 3 heterocycles. The molecule has 0 saturated carbocycles. The normalized spacial score (nSPS) is 14.6. The van der Waals surface area contributed by atoms with Crippen molar-refractivity contribution in [1.29, 1.82) is 0 Å². The van der Waals surface area contributed by atoms with Crippen LogP contribution in [0.25, 0.3) is 10.9 Å². The van der Waals surface area contributed by atoms with Crippen molar-refractivity contribution in [2.75, 3.05) is 31.1 Å². The number of hydrogen-bond donors (Lipinski definition) is 1. The summed E-state index contributed by atoms with van der Waals surface area (Å²) in [5.74, 6) is 0.337. The summed E-state index contributed by atoms with van der Waals surface area (Å²) < 4.78 is 0. The first-order valence-corrected chi connectivity index (χ1v) is 9.06. The number of anilines is 1. The average Bonchev–Trinajstić information content (AvgIpc) is 2.68. The quantitative estimate of drug-likeness (QED) is 0.733. The number of aryl methyl sites for hydroxylation is 1. The number of nitrogens with zero attached hydrogens (tertiary/aromatic N) is 4. The number of amides is 1. The minimum absolute atomic E-state index is 0.0534. The molecule has 0 aliphatic carbocycles. The molecule has 0 unspecified atom stereocenters. The fourth-order valence-corrected chi connectivity index (χ4v) is 3.60. The Morgan fingerprint density at radius 1 is 1.22 bits per heavy atom. The minimum atomic E-state index is -0.220. The highest BCUT2D eigenvalue weighted by Crippen LogP contribution is 2.26. The zero-order valence-electron chi connectivity index (χ0n) is 14.8. The first kappa shape index (κ1) is 17.5. The van der Waals surface area contributed by atoms with Gasteiger partial charge in [0.15, 0.2) is 5.82 Å². The number of rotatable bonds is 2. The van der Waals surface area contributed by atoms with Crippen LogP contribution in [0.1, 0.15) is 16.1 Å². The molecule has 1 aliphatic rings. The minimum Gasteiger partial charge on any atom is -0.348 e. The van der Waals surface area contributed by atoms with Gasteiger partial charge in [-0.1, -0.05) is 23.7 Å². The van der Waals surface area contributed by atoms with Crippen molar-refractivity contribution in [2.24, 2.45) is 0 Å². The lowest BCUT2D eigenvalue weighted by Gasteiger charge is -2.35. The molecule has 27 heavy (non-hydrogen) atoms. The molecule has 0 radical (unpaired) electrons. The number of nitrogens with one attached hydrogen (secondary N) is 1. The molecule has 3 aromatic rings. The topological polar surface area (TPSA) is 82.2 Å². The summed E-state index contributed by atoms with van der Waals surface area (Å²) in [6, 6.07) is 7.26. The predicted octanol–water partition coefficient (Wildman–Crippen LogP) is 2.24. The fraction of sp³-hybridized carbons (Fsp3) is 0.263. The monoisotopic (exact) mass is 383 g/mol. The number of carbonyl (C=O) groups excluding carboxylic acids is 1. The van der Waals surface area contributed by atoms with Crippen LogP contribution in [0.2, 0.25) is 5.02 Å². The molecule has 0 bridgehead atoms. The van der Waals surface area contributed by atoms with E-state index in [0.29, 0.717) is 48.1 Å². The lowest BCUT2D eigenvalue weighted by Crippen LogP contribution is -2.50. The molecule has 1 amide bonds. The summed E-state index contributed by atoms with van der Waals surface area (Å²) in [5.41, 5.74) is 1.77. The van der Waals surface area contributed by atoms with E-state index in [2.05, 4.69) is 15.0 Å². The Kier molecular flexibility index (Phi) is 4.53. The van der Waals surface area contributed by atoms with Crippen LogP contribution < -0.4 is 10.5 Å². The van der Waals surface area contributed by atoms with Gasteiger partial charge in [0, 0.05) is 49.7 Å². The van der Waals surface area contributed by atoms with E-state index < -0.39 is 0 Å². The van der Waals surface area contributed by atoms with Gasteiger partial charge in [-0.25, -0.2) is 4.98 Å². The molecule has 8 heteroatoms. The third-order valence-corrected chi connectivity index (χ3v) is 5.01. The summed E-state index contributed by atoms with van der Waals surface area (Å²) in [6.45, 7) is 3.98. The van der Waals surface area contributed by atoms with Crippen LogP contribution in [0.5, 0.6) is 0 Å². The number of piperazine rings is 1. The highest BCUT2D eigenvalue weighted by Gasteiger charge is 2.25. The Labute approximate surface area is 160 Å². The third kappa shape index (κ3) is 3.26. The SMILES string of the molecule is Cc1cc(C(=O)N2CCN(c3ncc[nH]c3=O)CC2)c2cccc(Cl)c2n1. The molecule has 1 aromatic carbocycles. The van der Waals surface area contributed by atoms with Gasteiger partial charge in [0.05, 0.1) is 16.1 Å². The van der Waals surface area contributed by atoms with E-state index in [-0.39, 0.29) is 11.5 Å². The molecule has 2 aromatic heterocycles. The molecule has 1 N–H and O–H groups in total. The molecule has 0 spiro atoms. The van der Waals surface area contributed by atoms with Gasteiger partial charge in [0.2, 0.25) is 0 Å². The number of fused-ring (bicyclic) bond motifs is 1. The summed E-state index contributed by atoms with van der Waals surface area (Å²) in [4.78, 5) is 40.0. The number of halogens is 1. The molecule has 7 nitrogen and oxygen atoms in total. The van der Waals surface area contributed by atoms with Gasteiger partial charge in [0.1, 0.15) is 0 Å². The van der Waals surface area contributed by atoms with E-state index in [1.807, 2.05) is 24.0 Å². The van der Waals surface area contributed by atoms with Crippen molar-refractivity contribution in [3.63, 3.8) is 0 Å². The molecule has 1 saturated heterocycles. The number of aromatic amines is 1. The van der Waals surface area contributed by atoms with Crippen molar-refractivity contribution in [1.82, 2.24) is 19.9 Å². The molecular weight excluding hydrogens is 366 g/mol. The third-order valence-electron chi connectivity index (χ3n) is 4.70. The van der Waals surface area contributed by atoms with Crippen LogP contribution in [0, 0.1) is 6.92 Å². The average molecular weight is 384 g/mol. The molecule has 0 atom stereocenters. The van der Waals surface area contributed by atoms with Gasteiger partial charge in [-0.2, -0.15) is 0 Å². The number of para-hydroxylation sites is 1. The second kappa shape index (κ2) is 7.00. The van der Waals surface area contributed by atoms with Crippen molar-refractivity contribution in [2.45, 2.75) is 6.92 Å². The van der Waals surface area contributed by atoms with Crippen LogP contribution in [0.4, 0.5) is 5.82 Å². The number of hydrogen-bond acceptors (Lipinski definition) is 5. The predicted molar refractivity (Wildman–Crippen MR) is 104 cm³/mol. The van der Waals surface area contributed by atoms with E-state index in [1.54, 1.807) is 23.2 Å². The van der Waals surface area contributed by atoms with Crippen LogP contribution >= 0.6 is 11.6 Å². The summed E-state index contributed by atoms with van der Waals surface area (Å²) in [6.07, 6.45) is 3.07. The summed E-state index contributed by atoms with van der Waals surface area (Å²) >= 11 is 6.26. The maximum atomic E-state index is 13.1. The van der Waals surface area contributed by atoms with Gasteiger partial charge in [-0.3, -0.25) is 14.6 Å². The summed E-state index contributed by atoms with van der Waals surface area (Å²) in [5, 5.41) is 1.28. The van der Waals surface area contributed by atoms with E-state index in [0.717, 1.165) is 11.1 Å². The number of aromatic nitrogens is 3. The van der Waals surface area contributed by atoms with Crippen molar-refractivity contribution < 1.29 is 4.79 Å². The lowest BCUT2D eigenvalue weighted by atomic mass is 10.1. The molecular formula is C19H18ClN5O2. The van der Waals surface area contributed by atoms with Crippen LogP contribution in [0.15, 0.2) is 41.5 Å². The van der Waals surface area contributed by atoms with Crippen LogP contribution in [-0.4, -0.2) is 51.9 Å².